The van der Waals surface area contributed by atoms with Crippen molar-refractivity contribution in [3.8, 4) is 0 Å². The summed E-state index contributed by atoms with van der Waals surface area (Å²) in [5, 5.41) is 8.95. The number of aryl methyl sites for hydroxylation is 2. The van der Waals surface area contributed by atoms with Crippen molar-refractivity contribution in [3.05, 3.63) is 29.3 Å². The van der Waals surface area contributed by atoms with E-state index in [9.17, 15) is 4.79 Å². The predicted octanol–water partition coefficient (Wildman–Crippen LogP) is 2.81. The summed E-state index contributed by atoms with van der Waals surface area (Å²) < 4.78 is 0. The third-order valence-corrected chi connectivity index (χ3v) is 2.19. The summed E-state index contributed by atoms with van der Waals surface area (Å²) in [4.78, 5) is 12.2. The van der Waals surface area contributed by atoms with Gasteiger partial charge in [0.2, 0.25) is 0 Å². The van der Waals surface area contributed by atoms with Gasteiger partial charge in [-0.05, 0) is 32.4 Å². The van der Waals surface area contributed by atoms with Gasteiger partial charge in [0.05, 0.1) is 0 Å². The van der Waals surface area contributed by atoms with Crippen molar-refractivity contribution in [2.24, 2.45) is 0 Å². The van der Waals surface area contributed by atoms with Gasteiger partial charge in [-0.2, -0.15) is 0 Å². The zero-order valence-electron chi connectivity index (χ0n) is 8.74. The van der Waals surface area contributed by atoms with Crippen LogP contribution in [0.5, 0.6) is 0 Å². The van der Waals surface area contributed by atoms with E-state index < -0.39 is 6.09 Å². The largest absolute Gasteiger partial charge is 0.465 e. The Morgan fingerprint density at radius 2 is 2.07 bits per heavy atom. The Kier molecular flexibility index (Phi) is 3.12. The van der Waals surface area contributed by atoms with E-state index in [4.69, 9.17) is 5.11 Å². The molecule has 0 fully saturated rings. The standard InChI is InChI=1S/C11H15NO2/c1-4-12(11(13)14)10-6-5-8(2)7-9(10)3/h5-7H,4H2,1-3H3,(H,13,14). The Bertz CT molecular complexity index is 347. The second-order valence-corrected chi connectivity index (χ2v) is 3.32. The van der Waals surface area contributed by atoms with Gasteiger partial charge in [-0.15, -0.1) is 0 Å². The van der Waals surface area contributed by atoms with Crippen LogP contribution < -0.4 is 4.90 Å². The van der Waals surface area contributed by atoms with Crippen LogP contribution in [0.1, 0.15) is 18.1 Å². The molecule has 1 aromatic rings. The minimum Gasteiger partial charge on any atom is -0.465 e. The van der Waals surface area contributed by atoms with Crippen LogP contribution in [0.25, 0.3) is 0 Å². The summed E-state index contributed by atoms with van der Waals surface area (Å²) in [6, 6.07) is 5.76. The molecule has 0 spiro atoms. The molecule has 14 heavy (non-hydrogen) atoms. The van der Waals surface area contributed by atoms with Crippen LogP contribution in [0.2, 0.25) is 0 Å². The predicted molar refractivity (Wildman–Crippen MR) is 57.0 cm³/mol. The fraction of sp³-hybridized carbons (Fsp3) is 0.364. The van der Waals surface area contributed by atoms with Crippen LogP contribution in [0, 0.1) is 13.8 Å². The lowest BCUT2D eigenvalue weighted by Crippen LogP contribution is -2.29. The third-order valence-electron chi connectivity index (χ3n) is 2.19. The number of benzene rings is 1. The van der Waals surface area contributed by atoms with Gasteiger partial charge in [0.1, 0.15) is 0 Å². The molecule has 3 heteroatoms. The van der Waals surface area contributed by atoms with Crippen LogP contribution in [0.4, 0.5) is 10.5 Å². The van der Waals surface area contributed by atoms with E-state index >= 15 is 0 Å². The Morgan fingerprint density at radius 3 is 2.50 bits per heavy atom. The van der Waals surface area contributed by atoms with Gasteiger partial charge in [0.15, 0.2) is 0 Å². The monoisotopic (exact) mass is 193 g/mol. The first-order valence-electron chi connectivity index (χ1n) is 4.64. The van der Waals surface area contributed by atoms with Crippen LogP contribution >= 0.6 is 0 Å². The molecule has 1 aromatic carbocycles. The molecule has 3 nitrogen and oxygen atoms in total. The number of anilines is 1. The van der Waals surface area contributed by atoms with Gasteiger partial charge in [0.25, 0.3) is 0 Å². The molecule has 0 saturated carbocycles. The minimum atomic E-state index is -0.903. The number of carbonyl (C=O) groups is 1. The number of rotatable bonds is 2. The van der Waals surface area contributed by atoms with Crippen LogP contribution in [-0.4, -0.2) is 17.7 Å². The van der Waals surface area contributed by atoms with E-state index in [1.807, 2.05) is 39.0 Å². The molecule has 0 heterocycles. The van der Waals surface area contributed by atoms with Crippen molar-refractivity contribution in [2.45, 2.75) is 20.8 Å². The lowest BCUT2D eigenvalue weighted by atomic mass is 10.1. The summed E-state index contributed by atoms with van der Waals surface area (Å²) in [7, 11) is 0. The number of hydrogen-bond donors (Lipinski definition) is 1. The highest BCUT2D eigenvalue weighted by atomic mass is 16.4. The van der Waals surface area contributed by atoms with Crippen molar-refractivity contribution >= 4 is 11.8 Å². The number of nitrogens with zero attached hydrogens (tertiary/aromatic N) is 1. The molecule has 0 radical (unpaired) electrons. The van der Waals surface area contributed by atoms with E-state index in [1.54, 1.807) is 0 Å². The molecule has 0 unspecified atom stereocenters. The first-order chi connectivity index (χ1) is 6.56. The lowest BCUT2D eigenvalue weighted by Gasteiger charge is -2.19. The highest BCUT2D eigenvalue weighted by Crippen LogP contribution is 2.20. The minimum absolute atomic E-state index is 0.471. The topological polar surface area (TPSA) is 40.5 Å². The van der Waals surface area contributed by atoms with Crippen molar-refractivity contribution in [1.29, 1.82) is 0 Å². The summed E-state index contributed by atoms with van der Waals surface area (Å²) in [5.41, 5.74) is 2.91. The molecule has 1 amide bonds. The molecule has 0 bridgehead atoms. The Morgan fingerprint density at radius 1 is 1.43 bits per heavy atom. The van der Waals surface area contributed by atoms with E-state index in [2.05, 4.69) is 0 Å². The summed E-state index contributed by atoms with van der Waals surface area (Å²) >= 11 is 0. The third kappa shape index (κ3) is 2.05. The van der Waals surface area contributed by atoms with Gasteiger partial charge in [0, 0.05) is 12.2 Å². The summed E-state index contributed by atoms with van der Waals surface area (Å²) in [6.07, 6.45) is -0.903. The maximum atomic E-state index is 10.9. The molecule has 0 aliphatic rings. The maximum Gasteiger partial charge on any atom is 0.411 e. The van der Waals surface area contributed by atoms with Crippen molar-refractivity contribution in [1.82, 2.24) is 0 Å². The highest BCUT2D eigenvalue weighted by molar-refractivity contribution is 5.87. The maximum absolute atomic E-state index is 10.9. The molecule has 1 N–H and O–H groups in total. The smallest absolute Gasteiger partial charge is 0.411 e. The zero-order valence-corrected chi connectivity index (χ0v) is 8.74. The summed E-state index contributed by atoms with van der Waals surface area (Å²) in [6.45, 7) is 6.22. The fourth-order valence-corrected chi connectivity index (χ4v) is 1.52. The first-order valence-corrected chi connectivity index (χ1v) is 4.64. The number of hydrogen-bond acceptors (Lipinski definition) is 1. The van der Waals surface area contributed by atoms with Crippen LogP contribution in [-0.2, 0) is 0 Å². The van der Waals surface area contributed by atoms with E-state index in [0.717, 1.165) is 16.8 Å². The quantitative estimate of drug-likeness (QED) is 0.784. The average Bonchev–Trinajstić information content (AvgIpc) is 2.09. The number of carboxylic acid groups (broad SMARTS) is 1. The van der Waals surface area contributed by atoms with E-state index in [0.29, 0.717) is 6.54 Å². The SMILES string of the molecule is CCN(C(=O)O)c1ccc(C)cc1C. The summed E-state index contributed by atoms with van der Waals surface area (Å²) in [5.74, 6) is 0. The normalized spacial score (nSPS) is 9.93. The molecule has 0 atom stereocenters. The molecule has 0 aliphatic carbocycles. The Hall–Kier alpha value is -1.51. The second-order valence-electron chi connectivity index (χ2n) is 3.32. The van der Waals surface area contributed by atoms with Gasteiger partial charge in [-0.1, -0.05) is 17.7 Å². The molecule has 0 aliphatic heterocycles. The van der Waals surface area contributed by atoms with Gasteiger partial charge < -0.3 is 5.11 Å². The zero-order chi connectivity index (χ0) is 10.7. The molecule has 0 aromatic heterocycles. The van der Waals surface area contributed by atoms with E-state index in [-0.39, 0.29) is 0 Å². The van der Waals surface area contributed by atoms with E-state index in [1.165, 1.54) is 4.90 Å². The molecular weight excluding hydrogens is 178 g/mol. The number of amides is 1. The Balaban J connectivity index is 3.10. The second kappa shape index (κ2) is 4.13. The van der Waals surface area contributed by atoms with Gasteiger partial charge in [-0.25, -0.2) is 4.79 Å². The van der Waals surface area contributed by atoms with Crippen LogP contribution in [0.3, 0.4) is 0 Å². The van der Waals surface area contributed by atoms with Crippen molar-refractivity contribution < 1.29 is 9.90 Å². The Labute approximate surface area is 84.0 Å². The first kappa shape index (κ1) is 10.6. The molecular formula is C11H15NO2. The van der Waals surface area contributed by atoms with Crippen molar-refractivity contribution in [3.63, 3.8) is 0 Å². The van der Waals surface area contributed by atoms with Crippen LogP contribution in [0.15, 0.2) is 18.2 Å². The molecule has 1 rings (SSSR count). The fourth-order valence-electron chi connectivity index (χ4n) is 1.52. The molecule has 0 saturated heterocycles. The molecule has 76 valence electrons. The highest BCUT2D eigenvalue weighted by Gasteiger charge is 2.13. The van der Waals surface area contributed by atoms with Gasteiger partial charge >= 0.3 is 6.09 Å². The van der Waals surface area contributed by atoms with Gasteiger partial charge in [-0.3, -0.25) is 4.90 Å². The average molecular weight is 193 g/mol. The van der Waals surface area contributed by atoms with Crippen molar-refractivity contribution in [2.75, 3.05) is 11.4 Å². The lowest BCUT2D eigenvalue weighted by molar-refractivity contribution is 0.202.